The third-order valence-corrected chi connectivity index (χ3v) is 4.09. The first-order valence-electron chi connectivity index (χ1n) is 6.60. The maximum atomic E-state index is 14.2. The lowest BCUT2D eigenvalue weighted by molar-refractivity contribution is 0.543. The van der Waals surface area contributed by atoms with E-state index in [-0.39, 0.29) is 11.9 Å². The molecule has 1 heterocycles. The average Bonchev–Trinajstić information content (AvgIpc) is 2.83. The lowest BCUT2D eigenvalue weighted by atomic mass is 9.84. The normalized spacial score (nSPS) is 23.7. The predicted octanol–water partition coefficient (Wildman–Crippen LogP) is 2.71. The van der Waals surface area contributed by atoms with E-state index in [0.717, 1.165) is 44.2 Å². The summed E-state index contributed by atoms with van der Waals surface area (Å²) < 4.78 is 14.2. The Morgan fingerprint density at radius 2 is 1.94 bits per heavy atom. The number of nitrogens with one attached hydrogen (secondary N) is 1. The summed E-state index contributed by atoms with van der Waals surface area (Å²) in [5.74, 6) is -0.109. The SMILES string of the molecule is Nc1cc(F)c([C@@H]2CCCN2)c2c1CCCC2. The minimum Gasteiger partial charge on any atom is -0.398 e. The lowest BCUT2D eigenvalue weighted by Crippen LogP contribution is -2.20. The number of nitrogen functional groups attached to an aromatic ring is 1. The Morgan fingerprint density at radius 3 is 2.65 bits per heavy atom. The second-order valence-electron chi connectivity index (χ2n) is 5.17. The van der Waals surface area contributed by atoms with Crippen molar-refractivity contribution >= 4 is 5.69 Å². The highest BCUT2D eigenvalue weighted by molar-refractivity contribution is 5.56. The zero-order valence-corrected chi connectivity index (χ0v) is 10.1. The summed E-state index contributed by atoms with van der Waals surface area (Å²) in [5.41, 5.74) is 9.92. The van der Waals surface area contributed by atoms with Crippen molar-refractivity contribution in [2.24, 2.45) is 0 Å². The Bertz CT molecular complexity index is 436. The molecular weight excluding hydrogens is 215 g/mol. The van der Waals surface area contributed by atoms with Gasteiger partial charge in [0, 0.05) is 17.3 Å². The van der Waals surface area contributed by atoms with Gasteiger partial charge in [0.1, 0.15) is 5.82 Å². The van der Waals surface area contributed by atoms with Gasteiger partial charge in [-0.2, -0.15) is 0 Å². The van der Waals surface area contributed by atoms with Crippen molar-refractivity contribution in [2.75, 3.05) is 12.3 Å². The summed E-state index contributed by atoms with van der Waals surface area (Å²) in [4.78, 5) is 0. The molecule has 0 aromatic heterocycles. The van der Waals surface area contributed by atoms with Crippen LogP contribution in [-0.4, -0.2) is 6.54 Å². The summed E-state index contributed by atoms with van der Waals surface area (Å²) in [6, 6.07) is 1.74. The number of halogens is 1. The van der Waals surface area contributed by atoms with Crippen LogP contribution in [0.1, 0.15) is 48.4 Å². The van der Waals surface area contributed by atoms with Crippen molar-refractivity contribution < 1.29 is 4.39 Å². The Kier molecular flexibility index (Phi) is 2.79. The van der Waals surface area contributed by atoms with E-state index >= 15 is 0 Å². The fraction of sp³-hybridized carbons (Fsp3) is 0.571. The van der Waals surface area contributed by atoms with E-state index in [4.69, 9.17) is 5.73 Å². The maximum absolute atomic E-state index is 14.2. The molecule has 1 aromatic rings. The number of nitrogens with two attached hydrogens (primary N) is 1. The first kappa shape index (κ1) is 11.0. The molecule has 0 radical (unpaired) electrons. The molecule has 3 rings (SSSR count). The molecule has 0 spiro atoms. The Balaban J connectivity index is 2.12. The first-order valence-corrected chi connectivity index (χ1v) is 6.60. The van der Waals surface area contributed by atoms with Crippen LogP contribution in [0, 0.1) is 5.82 Å². The Labute approximate surface area is 101 Å². The molecule has 3 N–H and O–H groups in total. The number of hydrogen-bond acceptors (Lipinski definition) is 2. The summed E-state index contributed by atoms with van der Waals surface area (Å²) in [6.45, 7) is 1.00. The highest BCUT2D eigenvalue weighted by atomic mass is 19.1. The molecule has 17 heavy (non-hydrogen) atoms. The van der Waals surface area contributed by atoms with Gasteiger partial charge in [-0.1, -0.05) is 0 Å². The maximum Gasteiger partial charge on any atom is 0.130 e. The van der Waals surface area contributed by atoms with E-state index in [0.29, 0.717) is 5.69 Å². The molecule has 2 aliphatic rings. The van der Waals surface area contributed by atoms with Crippen molar-refractivity contribution in [3.63, 3.8) is 0 Å². The molecule has 1 saturated heterocycles. The van der Waals surface area contributed by atoms with Crippen LogP contribution in [0.2, 0.25) is 0 Å². The number of benzene rings is 1. The minimum atomic E-state index is -0.109. The molecular formula is C14H19FN2. The van der Waals surface area contributed by atoms with Gasteiger partial charge in [-0.05, 0) is 62.3 Å². The van der Waals surface area contributed by atoms with Crippen LogP contribution in [-0.2, 0) is 12.8 Å². The molecule has 2 nitrogen and oxygen atoms in total. The molecule has 0 amide bonds. The van der Waals surface area contributed by atoms with Crippen molar-refractivity contribution in [3.05, 3.63) is 28.6 Å². The van der Waals surface area contributed by atoms with Crippen LogP contribution in [0.5, 0.6) is 0 Å². The number of anilines is 1. The second-order valence-corrected chi connectivity index (χ2v) is 5.17. The van der Waals surface area contributed by atoms with Gasteiger partial charge in [0.15, 0.2) is 0 Å². The number of hydrogen-bond donors (Lipinski definition) is 2. The fourth-order valence-electron chi connectivity index (χ4n) is 3.27. The van der Waals surface area contributed by atoms with Gasteiger partial charge in [0.2, 0.25) is 0 Å². The van der Waals surface area contributed by atoms with Crippen molar-refractivity contribution in [3.8, 4) is 0 Å². The minimum absolute atomic E-state index is 0.109. The molecule has 3 heteroatoms. The molecule has 1 aliphatic heterocycles. The van der Waals surface area contributed by atoms with Gasteiger partial charge >= 0.3 is 0 Å². The van der Waals surface area contributed by atoms with Gasteiger partial charge in [0.25, 0.3) is 0 Å². The predicted molar refractivity (Wildman–Crippen MR) is 67.4 cm³/mol. The first-order chi connectivity index (χ1) is 8.27. The highest BCUT2D eigenvalue weighted by Gasteiger charge is 2.26. The topological polar surface area (TPSA) is 38.0 Å². The number of fused-ring (bicyclic) bond motifs is 1. The van der Waals surface area contributed by atoms with Gasteiger partial charge in [-0.3, -0.25) is 0 Å². The summed E-state index contributed by atoms with van der Waals surface area (Å²) in [7, 11) is 0. The van der Waals surface area contributed by atoms with E-state index in [1.165, 1.54) is 23.6 Å². The van der Waals surface area contributed by atoms with Crippen LogP contribution in [0.25, 0.3) is 0 Å². The highest BCUT2D eigenvalue weighted by Crippen LogP contribution is 2.36. The van der Waals surface area contributed by atoms with E-state index in [1.54, 1.807) is 0 Å². The average molecular weight is 234 g/mol. The van der Waals surface area contributed by atoms with E-state index in [1.807, 2.05) is 0 Å². The Morgan fingerprint density at radius 1 is 1.18 bits per heavy atom. The lowest BCUT2D eigenvalue weighted by Gasteiger charge is -2.25. The van der Waals surface area contributed by atoms with Crippen molar-refractivity contribution in [2.45, 2.75) is 44.6 Å². The van der Waals surface area contributed by atoms with Gasteiger partial charge in [-0.25, -0.2) is 4.39 Å². The van der Waals surface area contributed by atoms with Crippen LogP contribution in [0.3, 0.4) is 0 Å². The van der Waals surface area contributed by atoms with Crippen LogP contribution >= 0.6 is 0 Å². The quantitative estimate of drug-likeness (QED) is 0.733. The van der Waals surface area contributed by atoms with E-state index < -0.39 is 0 Å². The van der Waals surface area contributed by atoms with Crippen LogP contribution in [0.4, 0.5) is 10.1 Å². The molecule has 0 unspecified atom stereocenters. The monoisotopic (exact) mass is 234 g/mol. The van der Waals surface area contributed by atoms with Crippen molar-refractivity contribution in [1.29, 1.82) is 0 Å². The smallest absolute Gasteiger partial charge is 0.130 e. The van der Waals surface area contributed by atoms with Crippen LogP contribution < -0.4 is 11.1 Å². The van der Waals surface area contributed by atoms with E-state index in [2.05, 4.69) is 5.32 Å². The second kappa shape index (κ2) is 4.30. The van der Waals surface area contributed by atoms with Gasteiger partial charge in [-0.15, -0.1) is 0 Å². The summed E-state index contributed by atoms with van der Waals surface area (Å²) >= 11 is 0. The molecule has 1 atom stereocenters. The number of rotatable bonds is 1. The summed E-state index contributed by atoms with van der Waals surface area (Å²) in [5, 5.41) is 3.40. The third-order valence-electron chi connectivity index (χ3n) is 4.09. The largest absolute Gasteiger partial charge is 0.398 e. The molecule has 92 valence electrons. The molecule has 1 aliphatic carbocycles. The van der Waals surface area contributed by atoms with Crippen LogP contribution in [0.15, 0.2) is 6.07 Å². The Hall–Kier alpha value is -1.09. The summed E-state index contributed by atoms with van der Waals surface area (Å²) in [6.07, 6.45) is 6.54. The molecule has 1 fully saturated rings. The zero-order chi connectivity index (χ0) is 11.8. The third kappa shape index (κ3) is 1.82. The van der Waals surface area contributed by atoms with Gasteiger partial charge < -0.3 is 11.1 Å². The zero-order valence-electron chi connectivity index (χ0n) is 10.1. The molecule has 0 saturated carbocycles. The van der Waals surface area contributed by atoms with Gasteiger partial charge in [0.05, 0.1) is 0 Å². The van der Waals surface area contributed by atoms with E-state index in [9.17, 15) is 4.39 Å². The molecule has 1 aromatic carbocycles. The fourth-order valence-corrected chi connectivity index (χ4v) is 3.27. The standard InChI is InChI=1S/C14H19FN2/c15-11-8-12(16)9-4-1-2-5-10(9)14(11)13-6-3-7-17-13/h8,13,17H,1-7,16H2/t13-/m0/s1. The van der Waals surface area contributed by atoms with Crippen molar-refractivity contribution in [1.82, 2.24) is 5.32 Å². The molecule has 0 bridgehead atoms.